The van der Waals surface area contributed by atoms with Crippen LogP contribution in [0.25, 0.3) is 0 Å². The molecule has 3 rings (SSSR count). The van der Waals surface area contributed by atoms with Crippen molar-refractivity contribution in [1.29, 1.82) is 0 Å². The van der Waals surface area contributed by atoms with E-state index >= 15 is 0 Å². The monoisotopic (exact) mass is 389 g/mol. The van der Waals surface area contributed by atoms with Gasteiger partial charge in [-0.05, 0) is 44.0 Å². The highest BCUT2D eigenvalue weighted by Crippen LogP contribution is 2.25. The predicted molar refractivity (Wildman–Crippen MR) is 105 cm³/mol. The Hall–Kier alpha value is -1.01. The van der Waals surface area contributed by atoms with E-state index in [9.17, 15) is 4.79 Å². The van der Waals surface area contributed by atoms with Gasteiger partial charge in [0, 0.05) is 32.2 Å². The second-order valence-corrected chi connectivity index (χ2v) is 6.46. The Morgan fingerprint density at radius 1 is 1.24 bits per heavy atom. The van der Waals surface area contributed by atoms with Crippen LogP contribution in [-0.2, 0) is 4.79 Å². The second-order valence-electron chi connectivity index (χ2n) is 6.46. The first kappa shape index (κ1) is 22.0. The number of nitrogens with zero attached hydrogens (tertiary/aromatic N) is 2. The average Bonchev–Trinajstić information content (AvgIpc) is 3.15. The van der Waals surface area contributed by atoms with E-state index in [4.69, 9.17) is 4.74 Å². The van der Waals surface area contributed by atoms with Gasteiger partial charge in [-0.3, -0.25) is 9.69 Å². The zero-order valence-corrected chi connectivity index (χ0v) is 16.6. The van der Waals surface area contributed by atoms with E-state index in [1.54, 1.807) is 7.11 Å². The van der Waals surface area contributed by atoms with Crippen LogP contribution in [0.5, 0.6) is 5.75 Å². The first-order chi connectivity index (χ1) is 11.2. The molecule has 0 aliphatic carbocycles. The smallest absolute Gasteiger partial charge is 0.239 e. The fourth-order valence-electron chi connectivity index (χ4n) is 3.56. The third-order valence-corrected chi connectivity index (χ3v) is 5.11. The number of benzene rings is 1. The van der Waals surface area contributed by atoms with Crippen molar-refractivity contribution in [1.82, 2.24) is 15.1 Å². The second kappa shape index (κ2) is 10.2. The highest BCUT2D eigenvalue weighted by Gasteiger charge is 2.30. The summed E-state index contributed by atoms with van der Waals surface area (Å²) in [4.78, 5) is 16.9. The number of hydrogen-bond donors (Lipinski definition) is 1. The third kappa shape index (κ3) is 5.23. The number of halogens is 2. The number of rotatable bonds is 4. The summed E-state index contributed by atoms with van der Waals surface area (Å²) in [5.41, 5.74) is 1.27. The highest BCUT2D eigenvalue weighted by molar-refractivity contribution is 5.85. The standard InChI is InChI=1S/C18H27N3O2.2ClH/c1-14(15-5-3-6-16(13-15)23-2)20-9-11-21(12-10-20)18(22)17-7-4-8-19-17;;/h3,5-6,13-14,17,19H,4,7-12H2,1-2H3;2*1H. The van der Waals surface area contributed by atoms with Crippen molar-refractivity contribution in [2.75, 3.05) is 39.8 Å². The van der Waals surface area contributed by atoms with Gasteiger partial charge in [0.15, 0.2) is 0 Å². The quantitative estimate of drug-likeness (QED) is 0.858. The van der Waals surface area contributed by atoms with Gasteiger partial charge in [0.25, 0.3) is 0 Å². The van der Waals surface area contributed by atoms with Crippen molar-refractivity contribution in [2.45, 2.75) is 31.8 Å². The van der Waals surface area contributed by atoms with Gasteiger partial charge in [-0.25, -0.2) is 0 Å². The maximum Gasteiger partial charge on any atom is 0.239 e. The number of piperazine rings is 1. The molecule has 25 heavy (non-hydrogen) atoms. The summed E-state index contributed by atoms with van der Waals surface area (Å²) in [6.45, 7) is 6.71. The fraction of sp³-hybridized carbons (Fsp3) is 0.611. The van der Waals surface area contributed by atoms with E-state index in [2.05, 4.69) is 29.3 Å². The minimum absolute atomic E-state index is 0. The van der Waals surface area contributed by atoms with Crippen LogP contribution in [0.2, 0.25) is 0 Å². The molecule has 0 radical (unpaired) electrons. The van der Waals surface area contributed by atoms with Gasteiger partial charge >= 0.3 is 0 Å². The molecule has 7 heteroatoms. The Balaban J connectivity index is 0.00000156. The topological polar surface area (TPSA) is 44.8 Å². The number of methoxy groups -OCH3 is 1. The number of hydrogen-bond acceptors (Lipinski definition) is 4. The van der Waals surface area contributed by atoms with Crippen molar-refractivity contribution in [3.8, 4) is 5.75 Å². The molecule has 0 saturated carbocycles. The number of amides is 1. The van der Waals surface area contributed by atoms with Gasteiger partial charge < -0.3 is 15.0 Å². The van der Waals surface area contributed by atoms with Gasteiger partial charge in [-0.1, -0.05) is 12.1 Å². The normalized spacial score (nSPS) is 21.8. The summed E-state index contributed by atoms with van der Waals surface area (Å²) >= 11 is 0. The molecule has 1 N–H and O–H groups in total. The number of carbonyl (C=O) groups is 1. The lowest BCUT2D eigenvalue weighted by molar-refractivity contribution is -0.135. The molecular formula is C18H29Cl2N3O2. The number of ether oxygens (including phenoxy) is 1. The summed E-state index contributed by atoms with van der Waals surface area (Å²) in [5.74, 6) is 1.19. The zero-order chi connectivity index (χ0) is 16.2. The SMILES string of the molecule is COc1cccc(C(C)N2CCN(C(=O)C3CCCN3)CC2)c1.Cl.Cl. The number of carbonyl (C=O) groups excluding carboxylic acids is 1. The minimum atomic E-state index is 0. The van der Waals surface area contributed by atoms with Crippen LogP contribution in [0, 0.1) is 0 Å². The van der Waals surface area contributed by atoms with Gasteiger partial charge in [0.1, 0.15) is 5.75 Å². The third-order valence-electron chi connectivity index (χ3n) is 5.11. The lowest BCUT2D eigenvalue weighted by Gasteiger charge is -2.39. The highest BCUT2D eigenvalue weighted by atomic mass is 35.5. The molecule has 2 heterocycles. The van der Waals surface area contributed by atoms with Gasteiger partial charge in [-0.15, -0.1) is 24.8 Å². The molecule has 0 spiro atoms. The average molecular weight is 390 g/mol. The van der Waals surface area contributed by atoms with Crippen molar-refractivity contribution < 1.29 is 9.53 Å². The Morgan fingerprint density at radius 2 is 1.96 bits per heavy atom. The molecule has 2 saturated heterocycles. The summed E-state index contributed by atoms with van der Waals surface area (Å²) in [6.07, 6.45) is 2.10. The molecule has 0 aromatic heterocycles. The van der Waals surface area contributed by atoms with Crippen molar-refractivity contribution >= 4 is 30.7 Å². The van der Waals surface area contributed by atoms with E-state index in [1.807, 2.05) is 17.0 Å². The first-order valence-electron chi connectivity index (χ1n) is 8.59. The molecular weight excluding hydrogens is 361 g/mol. The Bertz CT molecular complexity index is 545. The van der Waals surface area contributed by atoms with Crippen LogP contribution >= 0.6 is 24.8 Å². The molecule has 142 valence electrons. The van der Waals surface area contributed by atoms with E-state index in [0.29, 0.717) is 6.04 Å². The zero-order valence-electron chi connectivity index (χ0n) is 14.9. The van der Waals surface area contributed by atoms with Crippen LogP contribution in [-0.4, -0.2) is 61.6 Å². The van der Waals surface area contributed by atoms with Gasteiger partial charge in [0.2, 0.25) is 5.91 Å². The van der Waals surface area contributed by atoms with Gasteiger partial charge in [-0.2, -0.15) is 0 Å². The number of nitrogens with one attached hydrogen (secondary N) is 1. The van der Waals surface area contributed by atoms with Crippen LogP contribution in [0.4, 0.5) is 0 Å². The van der Waals surface area contributed by atoms with Crippen LogP contribution in [0.3, 0.4) is 0 Å². The summed E-state index contributed by atoms with van der Waals surface area (Å²) in [6, 6.07) is 8.65. The first-order valence-corrected chi connectivity index (χ1v) is 8.59. The van der Waals surface area contributed by atoms with E-state index in [1.165, 1.54) is 5.56 Å². The predicted octanol–water partition coefficient (Wildman–Crippen LogP) is 2.50. The molecule has 2 unspecified atom stereocenters. The summed E-state index contributed by atoms with van der Waals surface area (Å²) in [7, 11) is 1.70. The van der Waals surface area contributed by atoms with Crippen LogP contribution in [0.15, 0.2) is 24.3 Å². The Kier molecular flexibility index (Phi) is 9.00. The maximum atomic E-state index is 12.5. The molecule has 1 amide bonds. The van der Waals surface area contributed by atoms with Gasteiger partial charge in [0.05, 0.1) is 13.2 Å². The van der Waals surface area contributed by atoms with Crippen molar-refractivity contribution in [3.63, 3.8) is 0 Å². The Morgan fingerprint density at radius 3 is 2.56 bits per heavy atom. The Labute approximate surface area is 162 Å². The van der Waals surface area contributed by atoms with Crippen molar-refractivity contribution in [2.24, 2.45) is 0 Å². The van der Waals surface area contributed by atoms with Crippen LogP contribution in [0.1, 0.15) is 31.4 Å². The van der Waals surface area contributed by atoms with E-state index in [-0.39, 0.29) is 36.8 Å². The lowest BCUT2D eigenvalue weighted by atomic mass is 10.1. The summed E-state index contributed by atoms with van der Waals surface area (Å²) < 4.78 is 5.32. The lowest BCUT2D eigenvalue weighted by Crippen LogP contribution is -2.53. The van der Waals surface area contributed by atoms with Crippen molar-refractivity contribution in [3.05, 3.63) is 29.8 Å². The summed E-state index contributed by atoms with van der Waals surface area (Å²) in [5, 5.41) is 3.31. The minimum Gasteiger partial charge on any atom is -0.497 e. The van der Waals surface area contributed by atoms with Crippen LogP contribution < -0.4 is 10.1 Å². The molecule has 2 fully saturated rings. The molecule has 0 bridgehead atoms. The molecule has 2 atom stereocenters. The molecule has 1 aromatic rings. The molecule has 5 nitrogen and oxygen atoms in total. The largest absolute Gasteiger partial charge is 0.497 e. The fourth-order valence-corrected chi connectivity index (χ4v) is 3.56. The van der Waals surface area contributed by atoms with E-state index in [0.717, 1.165) is 51.3 Å². The molecule has 2 aliphatic heterocycles. The maximum absolute atomic E-state index is 12.5. The molecule has 2 aliphatic rings. The molecule has 1 aromatic carbocycles. The van der Waals surface area contributed by atoms with E-state index < -0.39 is 0 Å².